The fourth-order valence-corrected chi connectivity index (χ4v) is 3.99. The maximum atomic E-state index is 6.16. The van der Waals surface area contributed by atoms with E-state index in [4.69, 9.17) is 11.6 Å². The Morgan fingerprint density at radius 1 is 1.12 bits per heavy atom. The van der Waals surface area contributed by atoms with Crippen molar-refractivity contribution in [3.8, 4) is 0 Å². The lowest BCUT2D eigenvalue weighted by atomic mass is 9.60. The average Bonchev–Trinajstić information content (AvgIpc) is 2.53. The standard InChI is InChI=1S/C16H19Cl/c1-15(2)7-4-8-16(3)13-10-12(17)6-5-11(13)9-14(15)16/h5-6,9-10H,4,7-8H2,1-3H3. The van der Waals surface area contributed by atoms with Crippen LogP contribution in [0.1, 0.15) is 51.2 Å². The minimum Gasteiger partial charge on any atom is -0.0843 e. The molecule has 1 saturated carbocycles. The molecule has 0 saturated heterocycles. The van der Waals surface area contributed by atoms with Gasteiger partial charge in [-0.15, -0.1) is 0 Å². The zero-order valence-electron chi connectivity index (χ0n) is 10.8. The Bertz CT molecular complexity index is 510. The third-order valence-electron chi connectivity index (χ3n) is 4.71. The monoisotopic (exact) mass is 246 g/mol. The highest BCUT2D eigenvalue weighted by Crippen LogP contribution is 2.57. The molecule has 0 aromatic heterocycles. The van der Waals surface area contributed by atoms with Crippen LogP contribution in [0, 0.1) is 5.41 Å². The molecule has 17 heavy (non-hydrogen) atoms. The molecule has 2 aliphatic carbocycles. The first-order valence-electron chi connectivity index (χ1n) is 6.46. The highest BCUT2D eigenvalue weighted by atomic mass is 35.5. The topological polar surface area (TPSA) is 0 Å². The Balaban J connectivity index is 2.21. The number of allylic oxidation sites excluding steroid dienone is 1. The summed E-state index contributed by atoms with van der Waals surface area (Å²) in [6.07, 6.45) is 6.28. The van der Waals surface area contributed by atoms with E-state index in [2.05, 4.69) is 39.0 Å². The van der Waals surface area contributed by atoms with Crippen LogP contribution in [-0.2, 0) is 5.41 Å². The molecular formula is C16H19Cl. The summed E-state index contributed by atoms with van der Waals surface area (Å²) in [6, 6.07) is 6.34. The summed E-state index contributed by atoms with van der Waals surface area (Å²) in [5.41, 5.74) is 4.98. The van der Waals surface area contributed by atoms with Crippen LogP contribution in [0.15, 0.2) is 23.8 Å². The van der Waals surface area contributed by atoms with Gasteiger partial charge in [-0.3, -0.25) is 0 Å². The second kappa shape index (κ2) is 3.38. The highest BCUT2D eigenvalue weighted by molar-refractivity contribution is 6.30. The van der Waals surface area contributed by atoms with Crippen LogP contribution in [0.2, 0.25) is 5.02 Å². The van der Waals surface area contributed by atoms with Gasteiger partial charge < -0.3 is 0 Å². The SMILES string of the molecule is CC1(C)CCCC2(C)C1=Cc1ccc(Cl)cc12. The van der Waals surface area contributed by atoms with Crippen LogP contribution in [0.3, 0.4) is 0 Å². The first-order chi connectivity index (χ1) is 7.93. The quantitative estimate of drug-likeness (QED) is 0.590. The smallest absolute Gasteiger partial charge is 0.0409 e. The van der Waals surface area contributed by atoms with Gasteiger partial charge in [-0.05, 0) is 41.5 Å². The number of rotatable bonds is 0. The van der Waals surface area contributed by atoms with Crippen LogP contribution in [0.4, 0.5) is 0 Å². The summed E-state index contributed by atoms with van der Waals surface area (Å²) < 4.78 is 0. The normalized spacial score (nSPS) is 29.5. The van der Waals surface area contributed by atoms with Gasteiger partial charge in [-0.1, -0.05) is 56.5 Å². The zero-order chi connectivity index (χ0) is 12.3. The number of halogens is 1. The molecule has 1 atom stereocenters. The van der Waals surface area contributed by atoms with Gasteiger partial charge in [0.2, 0.25) is 0 Å². The zero-order valence-corrected chi connectivity index (χ0v) is 11.6. The maximum Gasteiger partial charge on any atom is 0.0409 e. The molecule has 0 bridgehead atoms. The molecule has 1 heteroatoms. The number of benzene rings is 1. The lowest BCUT2D eigenvalue weighted by molar-refractivity contribution is 0.266. The van der Waals surface area contributed by atoms with E-state index < -0.39 is 0 Å². The highest BCUT2D eigenvalue weighted by Gasteiger charge is 2.46. The maximum absolute atomic E-state index is 6.16. The number of hydrogen-bond donors (Lipinski definition) is 0. The first-order valence-corrected chi connectivity index (χ1v) is 6.84. The van der Waals surface area contributed by atoms with E-state index in [-0.39, 0.29) is 5.41 Å². The van der Waals surface area contributed by atoms with Crippen LogP contribution < -0.4 is 0 Å². The largest absolute Gasteiger partial charge is 0.0843 e. The predicted molar refractivity (Wildman–Crippen MR) is 74.4 cm³/mol. The lowest BCUT2D eigenvalue weighted by Gasteiger charge is -2.44. The molecule has 1 fully saturated rings. The molecule has 2 aliphatic rings. The molecule has 3 rings (SSSR count). The predicted octanol–water partition coefficient (Wildman–Crippen LogP) is 5.20. The molecule has 1 aromatic rings. The summed E-state index contributed by atoms with van der Waals surface area (Å²) in [5, 5.41) is 0.864. The summed E-state index contributed by atoms with van der Waals surface area (Å²) in [5.74, 6) is 0. The van der Waals surface area contributed by atoms with Crippen LogP contribution in [0.25, 0.3) is 6.08 Å². The van der Waals surface area contributed by atoms with Crippen molar-refractivity contribution in [2.24, 2.45) is 5.41 Å². The summed E-state index contributed by atoms with van der Waals surface area (Å²) >= 11 is 6.16. The van der Waals surface area contributed by atoms with Crippen LogP contribution in [0.5, 0.6) is 0 Å². The minimum atomic E-state index is 0.224. The van der Waals surface area contributed by atoms with E-state index in [9.17, 15) is 0 Å². The molecule has 0 aliphatic heterocycles. The Morgan fingerprint density at radius 3 is 2.65 bits per heavy atom. The molecule has 0 heterocycles. The number of fused-ring (bicyclic) bond motifs is 3. The van der Waals surface area contributed by atoms with Gasteiger partial charge in [0.1, 0.15) is 0 Å². The molecule has 0 radical (unpaired) electrons. The van der Waals surface area contributed by atoms with Crippen molar-refractivity contribution in [2.45, 2.75) is 45.4 Å². The molecule has 0 N–H and O–H groups in total. The van der Waals surface area contributed by atoms with Crippen molar-refractivity contribution in [3.63, 3.8) is 0 Å². The van der Waals surface area contributed by atoms with Gasteiger partial charge in [-0.25, -0.2) is 0 Å². The summed E-state index contributed by atoms with van der Waals surface area (Å²) in [7, 11) is 0. The molecule has 0 amide bonds. The van der Waals surface area contributed by atoms with E-state index in [0.717, 1.165) is 5.02 Å². The van der Waals surface area contributed by atoms with Gasteiger partial charge in [0.25, 0.3) is 0 Å². The van der Waals surface area contributed by atoms with Crippen molar-refractivity contribution in [1.82, 2.24) is 0 Å². The number of hydrogen-bond acceptors (Lipinski definition) is 0. The van der Waals surface area contributed by atoms with Gasteiger partial charge in [-0.2, -0.15) is 0 Å². The van der Waals surface area contributed by atoms with Gasteiger partial charge in [0.15, 0.2) is 0 Å². The molecule has 0 spiro atoms. The van der Waals surface area contributed by atoms with E-state index >= 15 is 0 Å². The van der Waals surface area contributed by atoms with E-state index in [1.165, 1.54) is 30.4 Å². The summed E-state index contributed by atoms with van der Waals surface area (Å²) in [6.45, 7) is 7.15. The molecule has 1 aromatic carbocycles. The van der Waals surface area contributed by atoms with Gasteiger partial charge in [0.05, 0.1) is 0 Å². The molecule has 90 valence electrons. The summed E-state index contributed by atoms with van der Waals surface area (Å²) in [4.78, 5) is 0. The molecule has 1 unspecified atom stereocenters. The second-order valence-corrected chi connectivity index (χ2v) is 6.80. The third-order valence-corrected chi connectivity index (χ3v) is 4.95. The first kappa shape index (κ1) is 11.3. The van der Waals surface area contributed by atoms with E-state index in [1.807, 2.05) is 6.07 Å². The van der Waals surface area contributed by atoms with Crippen molar-refractivity contribution in [3.05, 3.63) is 39.9 Å². The van der Waals surface area contributed by atoms with E-state index in [0.29, 0.717) is 5.41 Å². The van der Waals surface area contributed by atoms with Gasteiger partial charge >= 0.3 is 0 Å². The van der Waals surface area contributed by atoms with Crippen molar-refractivity contribution < 1.29 is 0 Å². The van der Waals surface area contributed by atoms with Crippen LogP contribution in [-0.4, -0.2) is 0 Å². The average molecular weight is 247 g/mol. The fourth-order valence-electron chi connectivity index (χ4n) is 3.82. The lowest BCUT2D eigenvalue weighted by Crippen LogP contribution is -2.35. The minimum absolute atomic E-state index is 0.224. The Hall–Kier alpha value is -0.750. The third kappa shape index (κ3) is 1.50. The van der Waals surface area contributed by atoms with Crippen LogP contribution >= 0.6 is 11.6 Å². The molecular weight excluding hydrogens is 228 g/mol. The van der Waals surface area contributed by atoms with Crippen molar-refractivity contribution >= 4 is 17.7 Å². The van der Waals surface area contributed by atoms with Crippen molar-refractivity contribution in [2.75, 3.05) is 0 Å². The Kier molecular flexibility index (Phi) is 2.26. The van der Waals surface area contributed by atoms with Gasteiger partial charge in [0, 0.05) is 10.4 Å². The second-order valence-electron chi connectivity index (χ2n) is 6.36. The molecule has 0 nitrogen and oxygen atoms in total. The Morgan fingerprint density at radius 2 is 1.88 bits per heavy atom. The van der Waals surface area contributed by atoms with Crippen molar-refractivity contribution in [1.29, 1.82) is 0 Å². The fraction of sp³-hybridized carbons (Fsp3) is 0.500. The Labute approximate surface area is 109 Å². The van der Waals surface area contributed by atoms with E-state index in [1.54, 1.807) is 5.57 Å².